The van der Waals surface area contributed by atoms with E-state index in [2.05, 4.69) is 9.98 Å². The molecular weight excluding hydrogens is 356 g/mol. The summed E-state index contributed by atoms with van der Waals surface area (Å²) in [5, 5.41) is 0.495. The Bertz CT molecular complexity index is 1270. The average Bonchev–Trinajstić information content (AvgIpc) is 3.10. The number of amides is 1. The maximum atomic E-state index is 12.7. The highest BCUT2D eigenvalue weighted by Gasteiger charge is 2.19. The lowest BCUT2D eigenvalue weighted by Gasteiger charge is -1.96. The molecule has 0 fully saturated rings. The van der Waals surface area contributed by atoms with Crippen LogP contribution in [-0.2, 0) is 14.1 Å². The summed E-state index contributed by atoms with van der Waals surface area (Å²) < 4.78 is 4.39. The number of aryl methyl sites for hydroxylation is 3. The Morgan fingerprint density at radius 2 is 1.96 bits per heavy atom. The van der Waals surface area contributed by atoms with Crippen LogP contribution in [0.2, 0.25) is 0 Å². The molecule has 4 rings (SSSR count). The number of carbonyl (C=O) groups is 1. The number of carbonyl (C=O) groups excluding carboxylic acids is 1. The van der Waals surface area contributed by atoms with Gasteiger partial charge in [0.05, 0.1) is 21.9 Å². The molecule has 3 aromatic heterocycles. The highest BCUT2D eigenvalue weighted by atomic mass is 32.1. The predicted molar refractivity (Wildman–Crippen MR) is 100 cm³/mol. The number of para-hydroxylation sites is 1. The normalized spacial score (nSPS) is 12.4. The van der Waals surface area contributed by atoms with Gasteiger partial charge in [0.25, 0.3) is 11.5 Å². The van der Waals surface area contributed by atoms with Crippen molar-refractivity contribution in [2.45, 2.75) is 6.92 Å². The molecule has 0 aliphatic heterocycles. The first-order chi connectivity index (χ1) is 12.0. The average molecular weight is 370 g/mol. The Morgan fingerprint density at radius 3 is 2.72 bits per heavy atom. The molecule has 0 bridgehead atoms. The molecule has 0 atom stereocenters. The van der Waals surface area contributed by atoms with Gasteiger partial charge in [0.2, 0.25) is 0 Å². The lowest BCUT2D eigenvalue weighted by molar-refractivity contribution is 0.100. The van der Waals surface area contributed by atoms with Crippen LogP contribution in [0.25, 0.3) is 20.4 Å². The number of aromatic nitrogens is 3. The van der Waals surface area contributed by atoms with Crippen molar-refractivity contribution in [3.63, 3.8) is 0 Å². The molecule has 0 saturated carbocycles. The lowest BCUT2D eigenvalue weighted by atomic mass is 10.2. The quantitative estimate of drug-likeness (QED) is 0.517. The number of benzene rings is 1. The molecule has 0 saturated heterocycles. The summed E-state index contributed by atoms with van der Waals surface area (Å²) >= 11 is 2.68. The van der Waals surface area contributed by atoms with Crippen LogP contribution in [0, 0.1) is 6.92 Å². The highest BCUT2D eigenvalue weighted by molar-refractivity contribution is 7.20. The van der Waals surface area contributed by atoms with Crippen LogP contribution in [-0.4, -0.2) is 20.0 Å². The minimum absolute atomic E-state index is 0.148. The van der Waals surface area contributed by atoms with Crippen molar-refractivity contribution in [2.75, 3.05) is 0 Å². The van der Waals surface area contributed by atoms with E-state index in [9.17, 15) is 9.59 Å². The summed E-state index contributed by atoms with van der Waals surface area (Å²) in [6.45, 7) is 1.77. The van der Waals surface area contributed by atoms with Crippen LogP contribution >= 0.6 is 22.7 Å². The van der Waals surface area contributed by atoms with E-state index < -0.39 is 0 Å². The van der Waals surface area contributed by atoms with E-state index in [-0.39, 0.29) is 11.5 Å². The Kier molecular flexibility index (Phi) is 3.66. The van der Waals surface area contributed by atoms with Crippen LogP contribution in [0.5, 0.6) is 0 Å². The van der Waals surface area contributed by atoms with Crippen molar-refractivity contribution in [1.82, 2.24) is 14.1 Å². The summed E-state index contributed by atoms with van der Waals surface area (Å²) in [5.41, 5.74) is 1.53. The van der Waals surface area contributed by atoms with Crippen LogP contribution in [0.15, 0.2) is 40.4 Å². The summed E-state index contributed by atoms with van der Waals surface area (Å²) in [7, 11) is 3.54. The van der Waals surface area contributed by atoms with Crippen molar-refractivity contribution in [3.05, 3.63) is 56.2 Å². The van der Waals surface area contributed by atoms with E-state index in [4.69, 9.17) is 0 Å². The van der Waals surface area contributed by atoms with E-state index in [1.165, 1.54) is 33.6 Å². The molecule has 25 heavy (non-hydrogen) atoms. The first kappa shape index (κ1) is 15.9. The zero-order valence-corrected chi connectivity index (χ0v) is 15.4. The fourth-order valence-electron chi connectivity index (χ4n) is 2.74. The van der Waals surface area contributed by atoms with Crippen molar-refractivity contribution in [1.29, 1.82) is 0 Å². The van der Waals surface area contributed by atoms with Gasteiger partial charge in [-0.1, -0.05) is 23.5 Å². The number of thiophene rings is 1. The number of thiazole rings is 1. The molecule has 1 aromatic carbocycles. The van der Waals surface area contributed by atoms with Crippen molar-refractivity contribution < 1.29 is 4.79 Å². The fourth-order valence-corrected chi connectivity index (χ4v) is 4.78. The Hall–Kier alpha value is -2.58. The van der Waals surface area contributed by atoms with E-state index >= 15 is 0 Å². The lowest BCUT2D eigenvalue weighted by Crippen LogP contribution is -2.17. The number of rotatable bonds is 1. The maximum absolute atomic E-state index is 12.7. The summed E-state index contributed by atoms with van der Waals surface area (Å²) in [6, 6.07) is 7.91. The van der Waals surface area contributed by atoms with E-state index in [1.54, 1.807) is 14.0 Å². The zero-order chi connectivity index (χ0) is 17.7. The molecule has 126 valence electrons. The maximum Gasteiger partial charge on any atom is 0.290 e. The fraction of sp³-hybridized carbons (Fsp3) is 0.176. The number of hydrogen-bond donors (Lipinski definition) is 0. The van der Waals surface area contributed by atoms with Crippen LogP contribution in [0.1, 0.15) is 15.2 Å². The predicted octanol–water partition coefficient (Wildman–Crippen LogP) is 2.60. The van der Waals surface area contributed by atoms with Gasteiger partial charge in [0, 0.05) is 14.1 Å². The van der Waals surface area contributed by atoms with Gasteiger partial charge in [0.1, 0.15) is 9.71 Å². The monoisotopic (exact) mass is 370 g/mol. The topological polar surface area (TPSA) is 69.2 Å². The first-order valence-corrected chi connectivity index (χ1v) is 9.19. The van der Waals surface area contributed by atoms with Gasteiger partial charge < -0.3 is 9.13 Å². The molecule has 6 nitrogen and oxygen atoms in total. The minimum atomic E-state index is -0.343. The third kappa shape index (κ3) is 2.45. The number of nitrogens with zero attached hydrogens (tertiary/aromatic N) is 4. The molecule has 0 aliphatic carbocycles. The molecule has 0 unspecified atom stereocenters. The standard InChI is InChI=1S/C17H14N4O2S2/c1-9-12-15(18-8-20(2)16(12)23)25-13(9)14(22)19-17-21(3)10-6-4-5-7-11(10)24-17/h4-8H,1-3H3. The number of hydrogen-bond acceptors (Lipinski definition) is 5. The SMILES string of the molecule is Cc1c(C(=O)N=c2sc3ccccc3n2C)sc2ncn(C)c(=O)c12. The Balaban J connectivity index is 1.90. The second-order valence-corrected chi connectivity index (χ2v) is 7.73. The third-order valence-corrected chi connectivity index (χ3v) is 6.42. The molecular formula is C17H14N4O2S2. The van der Waals surface area contributed by atoms with E-state index in [0.29, 0.717) is 25.5 Å². The van der Waals surface area contributed by atoms with Crippen molar-refractivity contribution in [3.8, 4) is 0 Å². The molecule has 0 spiro atoms. The molecule has 0 aliphatic rings. The summed E-state index contributed by atoms with van der Waals surface area (Å²) in [4.78, 5) is 35.2. The van der Waals surface area contributed by atoms with Crippen LogP contribution in [0.4, 0.5) is 0 Å². The van der Waals surface area contributed by atoms with Gasteiger partial charge in [-0.3, -0.25) is 9.59 Å². The van der Waals surface area contributed by atoms with Gasteiger partial charge in [-0.05, 0) is 24.6 Å². The van der Waals surface area contributed by atoms with Gasteiger partial charge in [-0.15, -0.1) is 11.3 Å². The summed E-state index contributed by atoms with van der Waals surface area (Å²) in [6.07, 6.45) is 1.47. The molecule has 8 heteroatoms. The third-order valence-electron chi connectivity index (χ3n) is 4.12. The van der Waals surface area contributed by atoms with E-state index in [0.717, 1.165) is 10.2 Å². The van der Waals surface area contributed by atoms with Gasteiger partial charge in [-0.2, -0.15) is 4.99 Å². The summed E-state index contributed by atoms with van der Waals surface area (Å²) in [5.74, 6) is -0.343. The highest BCUT2D eigenvalue weighted by Crippen LogP contribution is 2.27. The van der Waals surface area contributed by atoms with Crippen molar-refractivity contribution >= 4 is 49.0 Å². The van der Waals surface area contributed by atoms with Gasteiger partial charge in [-0.25, -0.2) is 4.98 Å². The minimum Gasteiger partial charge on any atom is -0.319 e. The first-order valence-electron chi connectivity index (χ1n) is 7.55. The van der Waals surface area contributed by atoms with Gasteiger partial charge in [0.15, 0.2) is 4.80 Å². The van der Waals surface area contributed by atoms with Crippen molar-refractivity contribution in [2.24, 2.45) is 19.1 Å². The smallest absolute Gasteiger partial charge is 0.290 e. The molecule has 0 N–H and O–H groups in total. The zero-order valence-electron chi connectivity index (χ0n) is 13.8. The van der Waals surface area contributed by atoms with Gasteiger partial charge >= 0.3 is 0 Å². The molecule has 4 aromatic rings. The molecule has 3 heterocycles. The van der Waals surface area contributed by atoms with E-state index in [1.807, 2.05) is 35.9 Å². The number of fused-ring (bicyclic) bond motifs is 2. The second kappa shape index (κ2) is 5.75. The molecule has 0 radical (unpaired) electrons. The Morgan fingerprint density at radius 1 is 1.20 bits per heavy atom. The Labute approximate surface area is 150 Å². The second-order valence-electron chi connectivity index (χ2n) is 5.73. The molecule has 1 amide bonds. The van der Waals surface area contributed by atoms with Crippen LogP contribution < -0.4 is 10.4 Å². The van der Waals surface area contributed by atoms with Crippen LogP contribution in [0.3, 0.4) is 0 Å². The largest absolute Gasteiger partial charge is 0.319 e.